The largest absolute Gasteiger partial charge is 0.497 e. The number of methoxy groups -OCH3 is 1. The van der Waals surface area contributed by atoms with Crippen LogP contribution in [0.15, 0.2) is 42.7 Å². The monoisotopic (exact) mass is 290 g/mol. The Morgan fingerprint density at radius 3 is 2.90 bits per heavy atom. The SMILES string of the molecule is CCCNC(c1cccc(OC)c1)c1ccncc1Cl. The van der Waals surface area contributed by atoms with E-state index < -0.39 is 0 Å². The van der Waals surface area contributed by atoms with Crippen LogP contribution < -0.4 is 10.1 Å². The summed E-state index contributed by atoms with van der Waals surface area (Å²) >= 11 is 6.29. The van der Waals surface area contributed by atoms with E-state index in [0.29, 0.717) is 5.02 Å². The molecular weight excluding hydrogens is 272 g/mol. The van der Waals surface area contributed by atoms with Crippen molar-refractivity contribution in [3.05, 3.63) is 58.9 Å². The van der Waals surface area contributed by atoms with Gasteiger partial charge in [0.25, 0.3) is 0 Å². The Morgan fingerprint density at radius 1 is 1.35 bits per heavy atom. The number of ether oxygens (including phenoxy) is 1. The molecule has 0 radical (unpaired) electrons. The molecule has 1 unspecified atom stereocenters. The number of nitrogens with zero attached hydrogens (tertiary/aromatic N) is 1. The molecule has 1 N–H and O–H groups in total. The Balaban J connectivity index is 2.38. The second-order valence-corrected chi connectivity index (χ2v) is 4.97. The van der Waals surface area contributed by atoms with Crippen molar-refractivity contribution in [1.82, 2.24) is 10.3 Å². The fraction of sp³-hybridized carbons (Fsp3) is 0.312. The number of nitrogens with one attached hydrogen (secondary N) is 1. The van der Waals surface area contributed by atoms with E-state index in [9.17, 15) is 0 Å². The highest BCUT2D eigenvalue weighted by atomic mass is 35.5. The van der Waals surface area contributed by atoms with Crippen molar-refractivity contribution in [2.24, 2.45) is 0 Å². The lowest BCUT2D eigenvalue weighted by Gasteiger charge is -2.21. The molecule has 0 fully saturated rings. The van der Waals surface area contributed by atoms with Gasteiger partial charge in [-0.3, -0.25) is 4.98 Å². The maximum atomic E-state index is 6.29. The zero-order valence-electron chi connectivity index (χ0n) is 11.8. The highest BCUT2D eigenvalue weighted by Crippen LogP contribution is 2.29. The number of aromatic nitrogens is 1. The van der Waals surface area contributed by atoms with Gasteiger partial charge in [-0.05, 0) is 42.3 Å². The first-order chi connectivity index (χ1) is 9.76. The van der Waals surface area contributed by atoms with Gasteiger partial charge in [-0.15, -0.1) is 0 Å². The second kappa shape index (κ2) is 7.27. The number of hydrogen-bond donors (Lipinski definition) is 1. The maximum Gasteiger partial charge on any atom is 0.119 e. The molecule has 0 saturated heterocycles. The van der Waals surface area contributed by atoms with E-state index in [1.54, 1.807) is 19.5 Å². The quantitative estimate of drug-likeness (QED) is 0.878. The number of rotatable bonds is 6. The molecule has 0 amide bonds. The van der Waals surface area contributed by atoms with Crippen LogP contribution in [0, 0.1) is 0 Å². The smallest absolute Gasteiger partial charge is 0.119 e. The zero-order valence-corrected chi connectivity index (χ0v) is 12.5. The lowest BCUT2D eigenvalue weighted by atomic mass is 9.99. The van der Waals surface area contributed by atoms with Gasteiger partial charge < -0.3 is 10.1 Å². The first-order valence-electron chi connectivity index (χ1n) is 6.73. The third-order valence-electron chi connectivity index (χ3n) is 3.14. The van der Waals surface area contributed by atoms with Gasteiger partial charge in [0, 0.05) is 12.4 Å². The highest BCUT2D eigenvalue weighted by molar-refractivity contribution is 6.31. The van der Waals surface area contributed by atoms with Crippen LogP contribution in [-0.2, 0) is 0 Å². The summed E-state index contributed by atoms with van der Waals surface area (Å²) in [7, 11) is 1.67. The second-order valence-electron chi connectivity index (χ2n) is 4.56. The van der Waals surface area contributed by atoms with Crippen molar-refractivity contribution in [2.75, 3.05) is 13.7 Å². The molecule has 0 aliphatic carbocycles. The third kappa shape index (κ3) is 3.50. The topological polar surface area (TPSA) is 34.1 Å². The minimum Gasteiger partial charge on any atom is -0.497 e. The zero-order chi connectivity index (χ0) is 14.4. The van der Waals surface area contributed by atoms with Gasteiger partial charge in [-0.25, -0.2) is 0 Å². The van der Waals surface area contributed by atoms with Crippen molar-refractivity contribution in [3.8, 4) is 5.75 Å². The standard InChI is InChI=1S/C16H19ClN2O/c1-3-8-19-16(14-7-9-18-11-15(14)17)12-5-4-6-13(10-12)20-2/h4-7,9-11,16,19H,3,8H2,1-2H3. The summed E-state index contributed by atoms with van der Waals surface area (Å²) in [6.45, 7) is 3.06. The first kappa shape index (κ1) is 14.8. The van der Waals surface area contributed by atoms with Crippen LogP contribution in [0.4, 0.5) is 0 Å². The van der Waals surface area contributed by atoms with Gasteiger partial charge in [-0.2, -0.15) is 0 Å². The molecule has 2 rings (SSSR count). The maximum absolute atomic E-state index is 6.29. The molecule has 0 saturated carbocycles. The molecule has 1 aromatic carbocycles. The summed E-state index contributed by atoms with van der Waals surface area (Å²) in [5.41, 5.74) is 2.16. The van der Waals surface area contributed by atoms with Crippen LogP contribution in [0.2, 0.25) is 5.02 Å². The molecule has 2 aromatic rings. The van der Waals surface area contributed by atoms with Gasteiger partial charge in [0.2, 0.25) is 0 Å². The summed E-state index contributed by atoms with van der Waals surface area (Å²) in [5.74, 6) is 0.843. The Labute approximate surface area is 124 Å². The van der Waals surface area contributed by atoms with Crippen LogP contribution in [0.1, 0.15) is 30.5 Å². The van der Waals surface area contributed by atoms with Crippen LogP contribution in [-0.4, -0.2) is 18.6 Å². The van der Waals surface area contributed by atoms with Crippen molar-refractivity contribution < 1.29 is 4.74 Å². The molecular formula is C16H19ClN2O. The van der Waals surface area contributed by atoms with E-state index in [4.69, 9.17) is 16.3 Å². The average molecular weight is 291 g/mol. The fourth-order valence-electron chi connectivity index (χ4n) is 2.14. The van der Waals surface area contributed by atoms with Crippen LogP contribution in [0.5, 0.6) is 5.75 Å². The van der Waals surface area contributed by atoms with Crippen LogP contribution in [0.25, 0.3) is 0 Å². The minimum atomic E-state index is 0.0422. The molecule has 0 spiro atoms. The normalized spacial score (nSPS) is 12.2. The predicted molar refractivity (Wildman–Crippen MR) is 82.4 cm³/mol. The van der Waals surface area contributed by atoms with Crippen molar-refractivity contribution in [3.63, 3.8) is 0 Å². The molecule has 0 bridgehead atoms. The van der Waals surface area contributed by atoms with E-state index in [0.717, 1.165) is 29.8 Å². The molecule has 1 heterocycles. The molecule has 0 aliphatic heterocycles. The lowest BCUT2D eigenvalue weighted by Crippen LogP contribution is -2.23. The van der Waals surface area contributed by atoms with E-state index in [2.05, 4.69) is 23.3 Å². The Bertz CT molecular complexity index is 560. The number of hydrogen-bond acceptors (Lipinski definition) is 3. The molecule has 1 aromatic heterocycles. The number of benzene rings is 1. The van der Waals surface area contributed by atoms with Crippen molar-refractivity contribution in [1.29, 1.82) is 0 Å². The van der Waals surface area contributed by atoms with E-state index in [1.807, 2.05) is 24.3 Å². The predicted octanol–water partition coefficient (Wildman–Crippen LogP) is 3.83. The number of pyridine rings is 1. The summed E-state index contributed by atoms with van der Waals surface area (Å²) in [4.78, 5) is 4.05. The Hall–Kier alpha value is -1.58. The summed E-state index contributed by atoms with van der Waals surface area (Å²) < 4.78 is 5.30. The minimum absolute atomic E-state index is 0.0422. The summed E-state index contributed by atoms with van der Waals surface area (Å²) in [6.07, 6.45) is 4.50. The van der Waals surface area contributed by atoms with Gasteiger partial charge in [0.1, 0.15) is 5.75 Å². The van der Waals surface area contributed by atoms with E-state index in [-0.39, 0.29) is 6.04 Å². The van der Waals surface area contributed by atoms with Gasteiger partial charge >= 0.3 is 0 Å². The van der Waals surface area contributed by atoms with Gasteiger partial charge in [-0.1, -0.05) is 30.7 Å². The Morgan fingerprint density at radius 2 is 2.20 bits per heavy atom. The molecule has 3 nitrogen and oxygen atoms in total. The van der Waals surface area contributed by atoms with Gasteiger partial charge in [0.15, 0.2) is 0 Å². The molecule has 20 heavy (non-hydrogen) atoms. The van der Waals surface area contributed by atoms with Crippen molar-refractivity contribution >= 4 is 11.6 Å². The van der Waals surface area contributed by atoms with Crippen LogP contribution >= 0.6 is 11.6 Å². The summed E-state index contributed by atoms with van der Waals surface area (Å²) in [5, 5.41) is 4.20. The van der Waals surface area contributed by atoms with Gasteiger partial charge in [0.05, 0.1) is 18.2 Å². The first-order valence-corrected chi connectivity index (χ1v) is 7.10. The lowest BCUT2D eigenvalue weighted by molar-refractivity contribution is 0.413. The third-order valence-corrected chi connectivity index (χ3v) is 3.46. The molecule has 0 aliphatic rings. The average Bonchev–Trinajstić information content (AvgIpc) is 2.49. The molecule has 4 heteroatoms. The van der Waals surface area contributed by atoms with E-state index >= 15 is 0 Å². The van der Waals surface area contributed by atoms with Crippen molar-refractivity contribution in [2.45, 2.75) is 19.4 Å². The van der Waals surface area contributed by atoms with Crippen LogP contribution in [0.3, 0.4) is 0 Å². The molecule has 106 valence electrons. The number of halogens is 1. The summed E-state index contributed by atoms with van der Waals surface area (Å²) in [6, 6.07) is 10.0. The molecule has 1 atom stereocenters. The fourth-order valence-corrected chi connectivity index (χ4v) is 2.37. The Kier molecular flexibility index (Phi) is 5.39. The van der Waals surface area contributed by atoms with E-state index in [1.165, 1.54) is 0 Å². The highest BCUT2D eigenvalue weighted by Gasteiger charge is 2.16.